The molecule has 2 aromatic rings. The molecular weight excluding hydrogens is 379 g/mol. The van der Waals surface area contributed by atoms with Crippen LogP contribution in [0.15, 0.2) is 42.5 Å². The van der Waals surface area contributed by atoms with Gasteiger partial charge in [-0.1, -0.05) is 24.6 Å². The van der Waals surface area contributed by atoms with Gasteiger partial charge in [0.05, 0.1) is 11.9 Å². The van der Waals surface area contributed by atoms with Gasteiger partial charge >= 0.3 is 0 Å². The Labute approximate surface area is 157 Å². The van der Waals surface area contributed by atoms with Crippen molar-refractivity contribution in [1.29, 1.82) is 0 Å². The van der Waals surface area contributed by atoms with Crippen molar-refractivity contribution in [1.82, 2.24) is 0 Å². The van der Waals surface area contributed by atoms with E-state index in [1.165, 1.54) is 12.1 Å². The maximum atomic E-state index is 13.2. The van der Waals surface area contributed by atoms with Crippen molar-refractivity contribution in [3.05, 3.63) is 58.9 Å². The third-order valence-corrected chi connectivity index (χ3v) is 5.28. The lowest BCUT2D eigenvalue weighted by atomic mass is 10.1. The number of amides is 1. The number of hydrogen-bond donors (Lipinski definition) is 1. The molecule has 8 heteroatoms. The van der Waals surface area contributed by atoms with Crippen LogP contribution in [0.2, 0.25) is 5.02 Å². The maximum Gasteiger partial charge on any atom is 0.248 e. The first-order chi connectivity index (χ1) is 12.1. The van der Waals surface area contributed by atoms with Gasteiger partial charge in [-0.2, -0.15) is 0 Å². The summed E-state index contributed by atoms with van der Waals surface area (Å²) in [5.41, 5.74) is 1.53. The molecule has 0 unspecified atom stereocenters. The zero-order valence-corrected chi connectivity index (χ0v) is 16.2. The fourth-order valence-electron chi connectivity index (χ4n) is 2.59. The van der Waals surface area contributed by atoms with Gasteiger partial charge in [0, 0.05) is 10.7 Å². The van der Waals surface area contributed by atoms with Crippen LogP contribution in [-0.4, -0.2) is 26.6 Å². The quantitative estimate of drug-likeness (QED) is 0.800. The molecule has 1 atom stereocenters. The molecule has 1 N–H and O–H groups in total. The molecule has 2 rings (SSSR count). The summed E-state index contributed by atoms with van der Waals surface area (Å²) in [6.07, 6.45) is 1.24. The molecule has 140 valence electrons. The van der Waals surface area contributed by atoms with Gasteiger partial charge in [0.25, 0.3) is 0 Å². The zero-order chi connectivity index (χ0) is 19.5. The molecule has 2 aromatic carbocycles. The van der Waals surface area contributed by atoms with Crippen LogP contribution < -0.4 is 9.62 Å². The highest BCUT2D eigenvalue weighted by Crippen LogP contribution is 2.25. The first-order valence-corrected chi connectivity index (χ1v) is 10.2. The van der Waals surface area contributed by atoms with E-state index in [0.717, 1.165) is 28.3 Å². The third-order valence-electron chi connectivity index (χ3n) is 3.87. The number of hydrogen-bond acceptors (Lipinski definition) is 3. The van der Waals surface area contributed by atoms with Gasteiger partial charge < -0.3 is 5.32 Å². The average Bonchev–Trinajstić information content (AvgIpc) is 2.56. The van der Waals surface area contributed by atoms with E-state index in [0.29, 0.717) is 10.7 Å². The molecule has 0 radical (unpaired) electrons. The van der Waals surface area contributed by atoms with Crippen LogP contribution in [0, 0.1) is 12.7 Å². The highest BCUT2D eigenvalue weighted by Gasteiger charge is 2.31. The van der Waals surface area contributed by atoms with Crippen LogP contribution in [0.3, 0.4) is 0 Å². The second kappa shape index (κ2) is 8.05. The van der Waals surface area contributed by atoms with Crippen LogP contribution in [0.25, 0.3) is 0 Å². The molecule has 0 aromatic heterocycles. The number of benzene rings is 2. The van der Waals surface area contributed by atoms with Crippen molar-refractivity contribution in [2.45, 2.75) is 26.3 Å². The molecule has 0 saturated heterocycles. The molecule has 1 amide bonds. The summed E-state index contributed by atoms with van der Waals surface area (Å²) >= 11 is 5.97. The number of carbonyl (C=O) groups is 1. The Bertz CT molecular complexity index is 901. The number of carbonyl (C=O) groups excluding carboxylic acids is 1. The van der Waals surface area contributed by atoms with Crippen LogP contribution in [0.4, 0.5) is 15.8 Å². The standard InChI is InChI=1S/C18H20ClFN2O3S/c1-4-17(18(23)21-16-11-13(19)6-5-12(16)2)22(26(3,24)25)15-9-7-14(20)8-10-15/h5-11,17H,4H2,1-3H3,(H,21,23)/t17-/m1/s1. The van der Waals surface area contributed by atoms with E-state index in [1.807, 2.05) is 0 Å². The highest BCUT2D eigenvalue weighted by molar-refractivity contribution is 7.92. The molecule has 0 saturated carbocycles. The Balaban J connectivity index is 2.39. The summed E-state index contributed by atoms with van der Waals surface area (Å²) in [6, 6.07) is 9.03. The summed E-state index contributed by atoms with van der Waals surface area (Å²) in [5, 5.41) is 3.19. The van der Waals surface area contributed by atoms with Crippen LogP contribution in [0.1, 0.15) is 18.9 Å². The number of sulfonamides is 1. The largest absolute Gasteiger partial charge is 0.324 e. The number of halogens is 2. The van der Waals surface area contributed by atoms with E-state index in [1.54, 1.807) is 32.0 Å². The van der Waals surface area contributed by atoms with Crippen molar-refractivity contribution < 1.29 is 17.6 Å². The maximum absolute atomic E-state index is 13.2. The molecular formula is C18H20ClFN2O3S. The predicted molar refractivity (Wildman–Crippen MR) is 103 cm³/mol. The summed E-state index contributed by atoms with van der Waals surface area (Å²) in [4.78, 5) is 12.8. The Morgan fingerprint density at radius 3 is 2.38 bits per heavy atom. The van der Waals surface area contributed by atoms with Gasteiger partial charge in [-0.25, -0.2) is 12.8 Å². The molecule has 5 nitrogen and oxygen atoms in total. The van der Waals surface area contributed by atoms with Gasteiger partial charge in [0.15, 0.2) is 0 Å². The lowest BCUT2D eigenvalue weighted by Gasteiger charge is -2.30. The van der Waals surface area contributed by atoms with Crippen molar-refractivity contribution in [2.75, 3.05) is 15.9 Å². The highest BCUT2D eigenvalue weighted by atomic mass is 35.5. The number of nitrogens with zero attached hydrogens (tertiary/aromatic N) is 1. The number of rotatable bonds is 6. The Kier molecular flexibility index (Phi) is 6.26. The fraction of sp³-hybridized carbons (Fsp3) is 0.278. The van der Waals surface area contributed by atoms with E-state index in [4.69, 9.17) is 11.6 Å². The Hall–Kier alpha value is -2.12. The third kappa shape index (κ3) is 4.74. The monoisotopic (exact) mass is 398 g/mol. The van der Waals surface area contributed by atoms with E-state index in [9.17, 15) is 17.6 Å². The first kappa shape index (κ1) is 20.2. The Morgan fingerprint density at radius 2 is 1.85 bits per heavy atom. The summed E-state index contributed by atoms with van der Waals surface area (Å²) in [6.45, 7) is 3.51. The lowest BCUT2D eigenvalue weighted by Crippen LogP contribution is -2.47. The van der Waals surface area contributed by atoms with Gasteiger partial charge in [-0.3, -0.25) is 9.10 Å². The van der Waals surface area contributed by atoms with Crippen LogP contribution in [-0.2, 0) is 14.8 Å². The van der Waals surface area contributed by atoms with Crippen molar-refractivity contribution in [2.24, 2.45) is 0 Å². The van der Waals surface area contributed by atoms with Gasteiger partial charge in [-0.05, 0) is 55.3 Å². The normalized spacial score (nSPS) is 12.5. The summed E-state index contributed by atoms with van der Waals surface area (Å²) in [5.74, 6) is -0.984. The van der Waals surface area contributed by atoms with E-state index in [2.05, 4.69) is 5.32 Å². The molecule has 26 heavy (non-hydrogen) atoms. The van der Waals surface area contributed by atoms with Crippen molar-refractivity contribution >= 4 is 38.9 Å². The van der Waals surface area contributed by atoms with Gasteiger partial charge in [0.2, 0.25) is 15.9 Å². The SMILES string of the molecule is CC[C@H](C(=O)Nc1cc(Cl)ccc1C)N(c1ccc(F)cc1)S(C)(=O)=O. The van der Waals surface area contributed by atoms with Crippen molar-refractivity contribution in [3.8, 4) is 0 Å². The smallest absolute Gasteiger partial charge is 0.248 e. The minimum absolute atomic E-state index is 0.221. The van der Waals surface area contributed by atoms with Gasteiger partial charge in [-0.15, -0.1) is 0 Å². The lowest BCUT2D eigenvalue weighted by molar-refractivity contribution is -0.117. The first-order valence-electron chi connectivity index (χ1n) is 7.95. The number of anilines is 2. The second-order valence-electron chi connectivity index (χ2n) is 5.91. The number of aryl methyl sites for hydroxylation is 1. The minimum Gasteiger partial charge on any atom is -0.324 e. The predicted octanol–water partition coefficient (Wildman–Crippen LogP) is 3.97. The van der Waals surface area contributed by atoms with E-state index in [-0.39, 0.29) is 12.1 Å². The van der Waals surface area contributed by atoms with E-state index >= 15 is 0 Å². The molecule has 0 heterocycles. The number of nitrogens with one attached hydrogen (secondary N) is 1. The molecule has 0 aliphatic carbocycles. The molecule has 0 fully saturated rings. The van der Waals surface area contributed by atoms with Crippen LogP contribution >= 0.6 is 11.6 Å². The van der Waals surface area contributed by atoms with Crippen LogP contribution in [0.5, 0.6) is 0 Å². The average molecular weight is 399 g/mol. The minimum atomic E-state index is -3.77. The summed E-state index contributed by atoms with van der Waals surface area (Å²) in [7, 11) is -3.77. The molecule has 0 aliphatic rings. The molecule has 0 bridgehead atoms. The summed E-state index contributed by atoms with van der Waals surface area (Å²) < 4.78 is 38.9. The molecule has 0 aliphatic heterocycles. The fourth-order valence-corrected chi connectivity index (χ4v) is 3.98. The molecule has 0 spiro atoms. The zero-order valence-electron chi connectivity index (χ0n) is 14.7. The van der Waals surface area contributed by atoms with E-state index < -0.39 is 27.8 Å². The topological polar surface area (TPSA) is 66.5 Å². The second-order valence-corrected chi connectivity index (χ2v) is 8.20. The Morgan fingerprint density at radius 1 is 1.23 bits per heavy atom. The van der Waals surface area contributed by atoms with Gasteiger partial charge in [0.1, 0.15) is 11.9 Å². The van der Waals surface area contributed by atoms with Crippen molar-refractivity contribution in [3.63, 3.8) is 0 Å².